The Labute approximate surface area is 142 Å². The van der Waals surface area contributed by atoms with E-state index in [1.807, 2.05) is 20.8 Å². The quantitative estimate of drug-likeness (QED) is 0.822. The summed E-state index contributed by atoms with van der Waals surface area (Å²) in [5, 5.41) is 3.54. The summed E-state index contributed by atoms with van der Waals surface area (Å²) < 4.78 is 18.8. The summed E-state index contributed by atoms with van der Waals surface area (Å²) in [6, 6.07) is 4.07. The van der Waals surface area contributed by atoms with Gasteiger partial charge < -0.3 is 10.1 Å². The van der Waals surface area contributed by atoms with E-state index in [1.54, 1.807) is 0 Å². The number of fused-ring (bicyclic) bond motifs is 1. The number of esters is 1. The third-order valence-electron chi connectivity index (χ3n) is 3.50. The van der Waals surface area contributed by atoms with Crippen molar-refractivity contribution in [2.45, 2.75) is 26.8 Å². The molecular weight excluding hydrogens is 341 g/mol. The molecule has 0 fully saturated rings. The highest BCUT2D eigenvalue weighted by atomic mass is 35.5. The molecule has 7 heteroatoms. The third kappa shape index (κ3) is 4.20. The van der Waals surface area contributed by atoms with Crippen LogP contribution in [-0.2, 0) is 9.53 Å². The molecule has 2 aromatic rings. The first-order valence-corrected chi connectivity index (χ1v) is 8.33. The zero-order valence-corrected chi connectivity index (χ0v) is 14.6. The topological polar surface area (TPSA) is 55.4 Å². The Hall–Kier alpha value is -1.66. The molecule has 1 aromatic heterocycles. The van der Waals surface area contributed by atoms with E-state index in [0.717, 1.165) is 11.3 Å². The molecule has 2 rings (SSSR count). The van der Waals surface area contributed by atoms with Crippen molar-refractivity contribution in [3.05, 3.63) is 33.9 Å². The number of hydrogen-bond acceptors (Lipinski definition) is 4. The lowest BCUT2D eigenvalue weighted by molar-refractivity contribution is -0.125. The minimum Gasteiger partial charge on any atom is -0.451 e. The first-order valence-electron chi connectivity index (χ1n) is 7.13. The Morgan fingerprint density at radius 1 is 1.35 bits per heavy atom. The molecule has 0 aliphatic carbocycles. The second-order valence-electron chi connectivity index (χ2n) is 5.56. The van der Waals surface area contributed by atoms with Crippen molar-refractivity contribution in [1.82, 2.24) is 5.32 Å². The van der Waals surface area contributed by atoms with E-state index in [0.29, 0.717) is 10.1 Å². The maximum atomic E-state index is 13.2. The van der Waals surface area contributed by atoms with Crippen LogP contribution in [0.1, 0.15) is 30.4 Å². The highest BCUT2D eigenvalue weighted by Crippen LogP contribution is 2.36. The van der Waals surface area contributed by atoms with Crippen LogP contribution in [0.4, 0.5) is 4.39 Å². The van der Waals surface area contributed by atoms with E-state index in [2.05, 4.69) is 5.32 Å². The highest BCUT2D eigenvalue weighted by molar-refractivity contribution is 7.21. The van der Waals surface area contributed by atoms with Crippen molar-refractivity contribution in [1.29, 1.82) is 0 Å². The number of halogens is 2. The molecule has 0 bridgehead atoms. The number of carbonyl (C=O) groups excluding carboxylic acids is 2. The van der Waals surface area contributed by atoms with E-state index in [-0.39, 0.29) is 34.4 Å². The van der Waals surface area contributed by atoms with Crippen molar-refractivity contribution < 1.29 is 18.7 Å². The largest absolute Gasteiger partial charge is 0.451 e. The van der Waals surface area contributed by atoms with Crippen molar-refractivity contribution in [2.24, 2.45) is 5.92 Å². The Bertz CT molecular complexity index is 744. The van der Waals surface area contributed by atoms with Crippen LogP contribution in [0.15, 0.2) is 18.2 Å². The van der Waals surface area contributed by atoms with Crippen molar-refractivity contribution in [3.63, 3.8) is 0 Å². The number of nitrogens with one attached hydrogen (secondary N) is 1. The summed E-state index contributed by atoms with van der Waals surface area (Å²) in [5.41, 5.74) is 0. The number of rotatable bonds is 5. The fourth-order valence-corrected chi connectivity index (χ4v) is 3.26. The van der Waals surface area contributed by atoms with Crippen LogP contribution >= 0.6 is 22.9 Å². The van der Waals surface area contributed by atoms with Gasteiger partial charge >= 0.3 is 5.97 Å². The molecule has 1 N–H and O–H groups in total. The first kappa shape index (κ1) is 17.7. The van der Waals surface area contributed by atoms with Crippen LogP contribution in [0.3, 0.4) is 0 Å². The van der Waals surface area contributed by atoms with Crippen molar-refractivity contribution >= 4 is 44.9 Å². The van der Waals surface area contributed by atoms with Gasteiger partial charge in [0, 0.05) is 16.1 Å². The summed E-state index contributed by atoms with van der Waals surface area (Å²) in [6.07, 6.45) is 0. The molecule has 23 heavy (non-hydrogen) atoms. The van der Waals surface area contributed by atoms with Gasteiger partial charge in [-0.2, -0.15) is 0 Å². The zero-order valence-electron chi connectivity index (χ0n) is 13.0. The molecule has 1 heterocycles. The van der Waals surface area contributed by atoms with Gasteiger partial charge in [0.2, 0.25) is 0 Å². The summed E-state index contributed by atoms with van der Waals surface area (Å²) in [5.74, 6) is -1.19. The van der Waals surface area contributed by atoms with Gasteiger partial charge in [-0.1, -0.05) is 25.4 Å². The maximum absolute atomic E-state index is 13.2. The Morgan fingerprint density at radius 2 is 2.04 bits per heavy atom. The van der Waals surface area contributed by atoms with Gasteiger partial charge in [0.05, 0.1) is 5.02 Å². The molecule has 4 nitrogen and oxygen atoms in total. The van der Waals surface area contributed by atoms with Crippen molar-refractivity contribution in [3.8, 4) is 0 Å². The van der Waals surface area contributed by atoms with Gasteiger partial charge in [0.1, 0.15) is 10.7 Å². The van der Waals surface area contributed by atoms with E-state index in [1.165, 1.54) is 18.2 Å². The predicted octanol–water partition coefficient (Wildman–Crippen LogP) is 4.01. The Morgan fingerprint density at radius 3 is 2.70 bits per heavy atom. The molecule has 1 atom stereocenters. The SMILES string of the molecule is CC(C)[C@@H](C)NC(=O)COC(=O)c1sc2cc(F)ccc2c1Cl. The molecule has 124 valence electrons. The second-order valence-corrected chi connectivity index (χ2v) is 6.99. The smallest absolute Gasteiger partial charge is 0.350 e. The molecule has 0 spiro atoms. The van der Waals surface area contributed by atoms with Gasteiger partial charge in [-0.3, -0.25) is 4.79 Å². The molecule has 1 amide bonds. The van der Waals surface area contributed by atoms with E-state index in [9.17, 15) is 14.0 Å². The standard InChI is InChI=1S/C16H17ClFNO3S/c1-8(2)9(3)19-13(20)7-22-16(21)15-14(17)11-5-4-10(18)6-12(11)23-15/h4-6,8-9H,7H2,1-3H3,(H,19,20)/t9-/m1/s1. The van der Waals surface area contributed by atoms with Crippen LogP contribution in [0.2, 0.25) is 5.02 Å². The van der Waals surface area contributed by atoms with Crippen LogP contribution in [0, 0.1) is 11.7 Å². The number of benzene rings is 1. The predicted molar refractivity (Wildman–Crippen MR) is 89.5 cm³/mol. The highest BCUT2D eigenvalue weighted by Gasteiger charge is 2.20. The van der Waals surface area contributed by atoms with Crippen molar-refractivity contribution in [2.75, 3.05) is 6.61 Å². The summed E-state index contributed by atoms with van der Waals surface area (Å²) in [4.78, 5) is 24.0. The van der Waals surface area contributed by atoms with Gasteiger partial charge in [0.15, 0.2) is 6.61 Å². The third-order valence-corrected chi connectivity index (χ3v) is 5.14. The van der Waals surface area contributed by atoms with E-state index in [4.69, 9.17) is 16.3 Å². The number of ether oxygens (including phenoxy) is 1. The van der Waals surface area contributed by atoms with Gasteiger partial charge in [-0.25, -0.2) is 9.18 Å². The zero-order chi connectivity index (χ0) is 17.1. The maximum Gasteiger partial charge on any atom is 0.350 e. The molecule has 1 aromatic carbocycles. The van der Waals surface area contributed by atoms with Gasteiger partial charge in [-0.15, -0.1) is 11.3 Å². The lowest BCUT2D eigenvalue weighted by atomic mass is 10.1. The molecular formula is C16H17ClFNO3S. The molecule has 0 aliphatic heterocycles. The number of thiophene rings is 1. The summed E-state index contributed by atoms with van der Waals surface area (Å²) in [7, 11) is 0. The minimum absolute atomic E-state index is 0.0166. The monoisotopic (exact) mass is 357 g/mol. The molecule has 0 saturated heterocycles. The number of carbonyl (C=O) groups is 2. The average Bonchev–Trinajstić information content (AvgIpc) is 2.81. The van der Waals surface area contributed by atoms with Gasteiger partial charge in [-0.05, 0) is 31.0 Å². The molecule has 0 radical (unpaired) electrons. The fraction of sp³-hybridized carbons (Fsp3) is 0.375. The van der Waals surface area contributed by atoms with Crippen LogP contribution in [0.25, 0.3) is 10.1 Å². The first-order chi connectivity index (χ1) is 10.8. The summed E-state index contributed by atoms with van der Waals surface area (Å²) >= 11 is 7.17. The average molecular weight is 358 g/mol. The lowest BCUT2D eigenvalue weighted by Crippen LogP contribution is -2.38. The summed E-state index contributed by atoms with van der Waals surface area (Å²) in [6.45, 7) is 5.46. The molecule has 0 unspecified atom stereocenters. The number of amides is 1. The second kappa shape index (κ2) is 7.27. The minimum atomic E-state index is -0.691. The Kier molecular flexibility index (Phi) is 5.59. The lowest BCUT2D eigenvalue weighted by Gasteiger charge is -2.17. The molecule has 0 aliphatic rings. The van der Waals surface area contributed by atoms with E-state index < -0.39 is 11.8 Å². The fourth-order valence-electron chi connectivity index (χ4n) is 1.83. The number of hydrogen-bond donors (Lipinski definition) is 1. The van der Waals surface area contributed by atoms with Crippen LogP contribution in [-0.4, -0.2) is 24.5 Å². The Balaban J connectivity index is 2.04. The van der Waals surface area contributed by atoms with Gasteiger partial charge in [0.25, 0.3) is 5.91 Å². The van der Waals surface area contributed by atoms with Crippen LogP contribution < -0.4 is 5.32 Å². The molecule has 0 saturated carbocycles. The van der Waals surface area contributed by atoms with Crippen LogP contribution in [0.5, 0.6) is 0 Å². The van der Waals surface area contributed by atoms with E-state index >= 15 is 0 Å². The normalized spacial score (nSPS) is 12.4.